The van der Waals surface area contributed by atoms with Crippen molar-refractivity contribution in [3.63, 3.8) is 0 Å². The molecule has 0 saturated carbocycles. The number of nitrogens with zero attached hydrogens (tertiary/aromatic N) is 2. The molecule has 6 nitrogen and oxygen atoms in total. The minimum atomic E-state index is -1.36. The molecule has 0 aliphatic rings. The van der Waals surface area contributed by atoms with Crippen molar-refractivity contribution in [3.05, 3.63) is 99.4 Å². The van der Waals surface area contributed by atoms with E-state index in [1.807, 2.05) is 6.07 Å². The molecule has 0 fully saturated rings. The van der Waals surface area contributed by atoms with Gasteiger partial charge in [0.1, 0.15) is 11.9 Å². The van der Waals surface area contributed by atoms with E-state index < -0.39 is 29.3 Å². The molecule has 0 spiro atoms. The van der Waals surface area contributed by atoms with Crippen molar-refractivity contribution in [1.82, 2.24) is 10.3 Å². The lowest BCUT2D eigenvalue weighted by atomic mass is 9.94. The van der Waals surface area contributed by atoms with Gasteiger partial charge < -0.3 is 10.4 Å². The summed E-state index contributed by atoms with van der Waals surface area (Å²) in [6, 6.07) is 16.4. The minimum Gasteiger partial charge on any atom is -0.480 e. The van der Waals surface area contributed by atoms with Crippen molar-refractivity contribution in [2.24, 2.45) is 0 Å². The molecule has 4 rings (SSSR count). The molecule has 9 heteroatoms. The first-order chi connectivity index (χ1) is 16.8. The molecule has 1 aromatic heterocycles. The first-order valence-electron chi connectivity index (χ1n) is 10.3. The van der Waals surface area contributed by atoms with Gasteiger partial charge in [-0.1, -0.05) is 53.5 Å². The quantitative estimate of drug-likeness (QED) is 0.351. The van der Waals surface area contributed by atoms with Crippen molar-refractivity contribution in [3.8, 4) is 17.2 Å². The second-order valence-corrected chi connectivity index (χ2v) is 8.46. The number of aromatic nitrogens is 1. The second kappa shape index (κ2) is 10.1. The number of carbonyl (C=O) groups is 2. The highest BCUT2D eigenvalue weighted by Gasteiger charge is 2.25. The number of carboxylic acids is 1. The summed E-state index contributed by atoms with van der Waals surface area (Å²) >= 11 is 12.4. The maximum absolute atomic E-state index is 14.1. The number of aliphatic carboxylic acids is 1. The van der Waals surface area contributed by atoms with Crippen LogP contribution < -0.4 is 5.32 Å². The van der Waals surface area contributed by atoms with Gasteiger partial charge in [0.25, 0.3) is 5.91 Å². The fourth-order valence-corrected chi connectivity index (χ4v) is 4.33. The molecule has 0 aliphatic heterocycles. The molecule has 0 unspecified atom stereocenters. The highest BCUT2D eigenvalue weighted by Crippen LogP contribution is 2.34. The van der Waals surface area contributed by atoms with Crippen molar-refractivity contribution < 1.29 is 19.1 Å². The summed E-state index contributed by atoms with van der Waals surface area (Å²) in [5.74, 6) is -3.07. The SMILES string of the molecule is N#Cc1ccc(-c2ccc(C[C@H](NC(=O)c3c(F)cccc3Cl)C(=O)O)c3cccnc23)c(Cl)c1. The van der Waals surface area contributed by atoms with Crippen LogP contribution in [0.5, 0.6) is 0 Å². The smallest absolute Gasteiger partial charge is 0.326 e. The molecule has 0 aliphatic carbocycles. The summed E-state index contributed by atoms with van der Waals surface area (Å²) in [5, 5.41) is 22.1. The van der Waals surface area contributed by atoms with Gasteiger partial charge in [0.05, 0.1) is 27.7 Å². The first-order valence-corrected chi connectivity index (χ1v) is 11.1. The largest absolute Gasteiger partial charge is 0.480 e. The van der Waals surface area contributed by atoms with E-state index in [4.69, 9.17) is 28.5 Å². The molecule has 1 amide bonds. The van der Waals surface area contributed by atoms with Gasteiger partial charge in [-0.25, -0.2) is 9.18 Å². The Hall–Kier alpha value is -3.99. The summed E-state index contributed by atoms with van der Waals surface area (Å²) in [5.41, 5.74) is 2.55. The lowest BCUT2D eigenvalue weighted by molar-refractivity contribution is -0.139. The van der Waals surface area contributed by atoms with Crippen molar-refractivity contribution in [2.45, 2.75) is 12.5 Å². The van der Waals surface area contributed by atoms with Crippen LogP contribution >= 0.6 is 23.2 Å². The Balaban J connectivity index is 1.71. The molecule has 0 saturated heterocycles. The average Bonchev–Trinajstić information content (AvgIpc) is 2.83. The Kier molecular flexibility index (Phi) is 6.97. The normalized spacial score (nSPS) is 11.6. The van der Waals surface area contributed by atoms with E-state index in [-0.39, 0.29) is 11.4 Å². The van der Waals surface area contributed by atoms with E-state index in [9.17, 15) is 19.1 Å². The summed E-state index contributed by atoms with van der Waals surface area (Å²) < 4.78 is 14.1. The Morgan fingerprint density at radius 3 is 2.51 bits per heavy atom. The number of carbonyl (C=O) groups excluding carboxylic acids is 1. The molecule has 1 atom stereocenters. The van der Waals surface area contributed by atoms with Gasteiger partial charge in [0.15, 0.2) is 0 Å². The Morgan fingerprint density at radius 1 is 1.06 bits per heavy atom. The average molecular weight is 508 g/mol. The van der Waals surface area contributed by atoms with Crippen LogP contribution in [-0.2, 0) is 11.2 Å². The number of hydrogen-bond donors (Lipinski definition) is 2. The van der Waals surface area contributed by atoms with Gasteiger partial charge in [-0.05, 0) is 35.9 Å². The summed E-state index contributed by atoms with van der Waals surface area (Å²) in [7, 11) is 0. The molecule has 35 heavy (non-hydrogen) atoms. The lowest BCUT2D eigenvalue weighted by Gasteiger charge is -2.18. The van der Waals surface area contributed by atoms with Crippen LogP contribution in [0.4, 0.5) is 4.39 Å². The van der Waals surface area contributed by atoms with Crippen LogP contribution in [0.1, 0.15) is 21.5 Å². The maximum atomic E-state index is 14.1. The minimum absolute atomic E-state index is 0.0866. The Bertz CT molecular complexity index is 1500. The van der Waals surface area contributed by atoms with Gasteiger partial charge in [0.2, 0.25) is 0 Å². The van der Waals surface area contributed by atoms with Gasteiger partial charge >= 0.3 is 5.97 Å². The molecule has 2 N–H and O–H groups in total. The van der Waals surface area contributed by atoms with Crippen LogP contribution in [0.2, 0.25) is 10.0 Å². The van der Waals surface area contributed by atoms with Crippen LogP contribution in [0.25, 0.3) is 22.0 Å². The Morgan fingerprint density at radius 2 is 1.83 bits per heavy atom. The monoisotopic (exact) mass is 507 g/mol. The number of nitrogens with one attached hydrogen (secondary N) is 1. The number of nitriles is 1. The number of pyridine rings is 1. The molecular weight excluding hydrogens is 492 g/mol. The standard InChI is InChI=1S/C26H16Cl2FN3O3/c27-19-4-1-5-21(29)23(19)25(33)32-22(26(34)35)12-15-7-9-18(24-16(15)3-2-10-31-24)17-8-6-14(13-30)11-20(17)28/h1-11,22H,12H2,(H,32,33)(H,34,35)/t22-/m0/s1. The molecule has 1 heterocycles. The van der Waals surface area contributed by atoms with Gasteiger partial charge in [-0.15, -0.1) is 0 Å². The van der Waals surface area contributed by atoms with E-state index in [0.29, 0.717) is 38.2 Å². The third-order valence-electron chi connectivity index (χ3n) is 5.47. The number of rotatable bonds is 6. The number of hydrogen-bond acceptors (Lipinski definition) is 4. The molecular formula is C26H16Cl2FN3O3. The van der Waals surface area contributed by atoms with Crippen molar-refractivity contribution >= 4 is 46.0 Å². The van der Waals surface area contributed by atoms with E-state index in [1.54, 1.807) is 48.7 Å². The van der Waals surface area contributed by atoms with Crippen molar-refractivity contribution in [2.75, 3.05) is 0 Å². The van der Waals surface area contributed by atoms with Gasteiger partial charge in [-0.2, -0.15) is 5.26 Å². The summed E-state index contributed by atoms with van der Waals surface area (Å²) in [6.07, 6.45) is 1.51. The molecule has 0 radical (unpaired) electrons. The van der Waals surface area contributed by atoms with Gasteiger partial charge in [-0.3, -0.25) is 9.78 Å². The molecule has 174 valence electrons. The second-order valence-electron chi connectivity index (χ2n) is 7.64. The predicted octanol–water partition coefficient (Wildman–Crippen LogP) is 5.65. The van der Waals surface area contributed by atoms with Crippen LogP contribution in [0, 0.1) is 17.1 Å². The Labute approximate surface area is 209 Å². The zero-order chi connectivity index (χ0) is 25.1. The number of benzene rings is 3. The molecule has 4 aromatic rings. The zero-order valence-corrected chi connectivity index (χ0v) is 19.4. The third kappa shape index (κ3) is 4.94. The third-order valence-corrected chi connectivity index (χ3v) is 6.09. The molecule has 3 aromatic carbocycles. The lowest BCUT2D eigenvalue weighted by Crippen LogP contribution is -2.42. The number of amides is 1. The highest BCUT2D eigenvalue weighted by molar-refractivity contribution is 6.34. The summed E-state index contributed by atoms with van der Waals surface area (Å²) in [4.78, 5) is 29.1. The van der Waals surface area contributed by atoms with E-state index >= 15 is 0 Å². The van der Waals surface area contributed by atoms with E-state index in [0.717, 1.165) is 6.07 Å². The fourth-order valence-electron chi connectivity index (χ4n) is 3.80. The number of halogens is 3. The zero-order valence-electron chi connectivity index (χ0n) is 17.9. The topological polar surface area (TPSA) is 103 Å². The predicted molar refractivity (Wildman–Crippen MR) is 131 cm³/mol. The maximum Gasteiger partial charge on any atom is 0.326 e. The van der Waals surface area contributed by atoms with Crippen LogP contribution in [0.15, 0.2) is 66.9 Å². The van der Waals surface area contributed by atoms with Crippen LogP contribution in [-0.4, -0.2) is 28.0 Å². The van der Waals surface area contributed by atoms with Crippen molar-refractivity contribution in [1.29, 1.82) is 5.26 Å². The van der Waals surface area contributed by atoms with Crippen LogP contribution in [0.3, 0.4) is 0 Å². The number of fused-ring (bicyclic) bond motifs is 1. The van der Waals surface area contributed by atoms with E-state index in [1.165, 1.54) is 12.1 Å². The number of carboxylic acid groups (broad SMARTS) is 1. The van der Waals surface area contributed by atoms with E-state index in [2.05, 4.69) is 10.3 Å². The fraction of sp³-hybridized carbons (Fsp3) is 0.0769. The van der Waals surface area contributed by atoms with Gasteiger partial charge in [0, 0.05) is 34.2 Å². The first kappa shape index (κ1) is 24.1. The molecule has 0 bridgehead atoms. The highest BCUT2D eigenvalue weighted by atomic mass is 35.5. The summed E-state index contributed by atoms with van der Waals surface area (Å²) in [6.45, 7) is 0.